The summed E-state index contributed by atoms with van der Waals surface area (Å²) >= 11 is 3.42. The van der Waals surface area contributed by atoms with Crippen LogP contribution in [0.1, 0.15) is 36.3 Å². The lowest BCUT2D eigenvalue weighted by atomic mass is 10.1. The van der Waals surface area contributed by atoms with Gasteiger partial charge in [-0.3, -0.25) is 9.59 Å². The van der Waals surface area contributed by atoms with E-state index in [4.69, 9.17) is 0 Å². The third-order valence-electron chi connectivity index (χ3n) is 4.09. The number of nitrogens with one attached hydrogen (secondary N) is 1. The van der Waals surface area contributed by atoms with Gasteiger partial charge in [0.15, 0.2) is 5.69 Å². The van der Waals surface area contributed by atoms with Gasteiger partial charge in [-0.1, -0.05) is 53.2 Å². The van der Waals surface area contributed by atoms with Crippen LogP contribution in [0, 0.1) is 0 Å². The highest BCUT2D eigenvalue weighted by Gasteiger charge is 2.16. The molecule has 1 aromatic heterocycles. The molecule has 0 aliphatic rings. The lowest BCUT2D eigenvalue weighted by Crippen LogP contribution is -2.29. The summed E-state index contributed by atoms with van der Waals surface area (Å²) in [6.45, 7) is 4.21. The van der Waals surface area contributed by atoms with Crippen LogP contribution in [0.25, 0.3) is 10.8 Å². The van der Waals surface area contributed by atoms with E-state index in [9.17, 15) is 9.59 Å². The second kappa shape index (κ2) is 8.26. The average Bonchev–Trinajstić information content (AvgIpc) is 2.68. The van der Waals surface area contributed by atoms with Gasteiger partial charge < -0.3 is 0 Å². The van der Waals surface area contributed by atoms with Crippen LogP contribution < -0.4 is 11.0 Å². The number of aryl methyl sites for hydroxylation is 1. The lowest BCUT2D eigenvalue weighted by Gasteiger charge is -2.09. The van der Waals surface area contributed by atoms with Crippen molar-refractivity contribution >= 4 is 38.3 Å². The highest BCUT2D eigenvalue weighted by Crippen LogP contribution is 2.14. The normalized spacial score (nSPS) is 11.6. The SMILES string of the molecule is CCCn1nc(C(=O)N/N=C(\C)c2cccc(Br)c2)c2ccccc2c1=O. The Morgan fingerprint density at radius 3 is 2.63 bits per heavy atom. The maximum absolute atomic E-state index is 12.7. The first-order valence-corrected chi connectivity index (χ1v) is 9.41. The van der Waals surface area contributed by atoms with E-state index < -0.39 is 5.91 Å². The largest absolute Gasteiger partial charge is 0.292 e. The molecule has 0 fully saturated rings. The Morgan fingerprint density at radius 2 is 1.93 bits per heavy atom. The predicted octanol–water partition coefficient (Wildman–Crippen LogP) is 3.72. The lowest BCUT2D eigenvalue weighted by molar-refractivity contribution is 0.0949. The third-order valence-corrected chi connectivity index (χ3v) is 4.58. The van der Waals surface area contributed by atoms with Crippen molar-refractivity contribution in [3.63, 3.8) is 0 Å². The van der Waals surface area contributed by atoms with Gasteiger partial charge in [0, 0.05) is 16.4 Å². The fourth-order valence-electron chi connectivity index (χ4n) is 2.73. The van der Waals surface area contributed by atoms with Gasteiger partial charge in [0.2, 0.25) is 0 Å². The first-order valence-electron chi connectivity index (χ1n) is 8.61. The Balaban J connectivity index is 1.97. The number of fused-ring (bicyclic) bond motifs is 1. The minimum absolute atomic E-state index is 0.185. The zero-order valence-electron chi connectivity index (χ0n) is 15.1. The Bertz CT molecular complexity index is 1090. The number of hydrazone groups is 1. The Labute approximate surface area is 165 Å². The molecule has 0 aliphatic carbocycles. The van der Waals surface area contributed by atoms with Gasteiger partial charge >= 0.3 is 0 Å². The summed E-state index contributed by atoms with van der Waals surface area (Å²) in [5.74, 6) is -0.453. The number of hydrogen-bond donors (Lipinski definition) is 1. The predicted molar refractivity (Wildman–Crippen MR) is 110 cm³/mol. The highest BCUT2D eigenvalue weighted by atomic mass is 79.9. The molecule has 0 spiro atoms. The van der Waals surface area contributed by atoms with E-state index in [0.717, 1.165) is 16.5 Å². The Kier molecular flexibility index (Phi) is 5.81. The molecule has 1 heterocycles. The van der Waals surface area contributed by atoms with E-state index in [1.165, 1.54) is 4.68 Å². The molecule has 138 valence electrons. The maximum atomic E-state index is 12.7. The summed E-state index contributed by atoms with van der Waals surface area (Å²) in [4.78, 5) is 25.2. The molecule has 1 amide bonds. The summed E-state index contributed by atoms with van der Waals surface area (Å²) in [5, 5.41) is 9.44. The van der Waals surface area contributed by atoms with Crippen LogP contribution in [0.4, 0.5) is 0 Å². The molecule has 0 atom stereocenters. The molecular weight excluding hydrogens is 408 g/mol. The summed E-state index contributed by atoms with van der Waals surface area (Å²) in [6, 6.07) is 14.6. The number of aromatic nitrogens is 2. The fraction of sp³-hybridized carbons (Fsp3) is 0.200. The van der Waals surface area contributed by atoms with Crippen molar-refractivity contribution < 1.29 is 4.79 Å². The summed E-state index contributed by atoms with van der Waals surface area (Å²) in [5.41, 5.74) is 4.09. The molecule has 0 radical (unpaired) electrons. The first kappa shape index (κ1) is 19.0. The van der Waals surface area contributed by atoms with Crippen LogP contribution in [0.5, 0.6) is 0 Å². The van der Waals surface area contributed by atoms with Crippen LogP contribution in [-0.4, -0.2) is 21.4 Å². The molecule has 0 aliphatic heterocycles. The van der Waals surface area contributed by atoms with Crippen molar-refractivity contribution in [1.82, 2.24) is 15.2 Å². The van der Waals surface area contributed by atoms with Crippen molar-refractivity contribution in [1.29, 1.82) is 0 Å². The number of carbonyl (C=O) groups excluding carboxylic acids is 1. The van der Waals surface area contributed by atoms with E-state index in [1.807, 2.05) is 38.1 Å². The summed E-state index contributed by atoms with van der Waals surface area (Å²) in [6.07, 6.45) is 0.743. The molecule has 7 heteroatoms. The number of hydrogen-bond acceptors (Lipinski definition) is 4. The maximum Gasteiger partial charge on any atom is 0.292 e. The van der Waals surface area contributed by atoms with Crippen LogP contribution in [-0.2, 0) is 6.54 Å². The standard InChI is InChI=1S/C20H19BrN4O2/c1-3-11-25-20(27)17-10-5-4-9-16(17)18(24-25)19(26)23-22-13(2)14-7-6-8-15(21)12-14/h4-10,12H,3,11H2,1-2H3,(H,23,26)/b22-13+. The molecule has 0 saturated carbocycles. The van der Waals surface area contributed by atoms with Gasteiger partial charge in [-0.2, -0.15) is 10.2 Å². The molecular formula is C20H19BrN4O2. The van der Waals surface area contributed by atoms with Gasteiger partial charge in [0.05, 0.1) is 11.1 Å². The zero-order chi connectivity index (χ0) is 19.4. The van der Waals surface area contributed by atoms with Crippen LogP contribution >= 0.6 is 15.9 Å². The van der Waals surface area contributed by atoms with Gasteiger partial charge in [0.1, 0.15) is 0 Å². The molecule has 1 N–H and O–H groups in total. The zero-order valence-corrected chi connectivity index (χ0v) is 16.7. The van der Waals surface area contributed by atoms with Gasteiger partial charge in [0.25, 0.3) is 11.5 Å². The molecule has 3 aromatic rings. The number of halogens is 1. The van der Waals surface area contributed by atoms with Crippen LogP contribution in [0.2, 0.25) is 0 Å². The van der Waals surface area contributed by atoms with Crippen LogP contribution in [0.3, 0.4) is 0 Å². The monoisotopic (exact) mass is 426 g/mol. The molecule has 6 nitrogen and oxygen atoms in total. The minimum Gasteiger partial charge on any atom is -0.267 e. The van der Waals surface area contributed by atoms with Crippen molar-refractivity contribution in [2.24, 2.45) is 5.10 Å². The summed E-state index contributed by atoms with van der Waals surface area (Å²) in [7, 11) is 0. The van der Waals surface area contributed by atoms with E-state index in [2.05, 4.69) is 31.6 Å². The third kappa shape index (κ3) is 4.14. The Morgan fingerprint density at radius 1 is 1.19 bits per heavy atom. The molecule has 27 heavy (non-hydrogen) atoms. The second-order valence-electron chi connectivity index (χ2n) is 6.07. The Hall–Kier alpha value is -2.80. The molecule has 3 rings (SSSR count). The molecule has 2 aromatic carbocycles. The topological polar surface area (TPSA) is 76.3 Å². The van der Waals surface area contributed by atoms with E-state index in [-0.39, 0.29) is 11.3 Å². The van der Waals surface area contributed by atoms with Crippen molar-refractivity contribution in [3.8, 4) is 0 Å². The van der Waals surface area contributed by atoms with Gasteiger partial charge in [-0.05, 0) is 37.1 Å². The molecule has 0 saturated heterocycles. The first-order chi connectivity index (χ1) is 13.0. The van der Waals surface area contributed by atoms with E-state index >= 15 is 0 Å². The number of benzene rings is 2. The van der Waals surface area contributed by atoms with Crippen LogP contribution in [0.15, 0.2) is 62.9 Å². The number of nitrogens with zero attached hydrogens (tertiary/aromatic N) is 3. The number of carbonyl (C=O) groups is 1. The van der Waals surface area contributed by atoms with Crippen molar-refractivity contribution in [2.75, 3.05) is 0 Å². The average molecular weight is 427 g/mol. The van der Waals surface area contributed by atoms with Gasteiger partial charge in [-0.25, -0.2) is 10.1 Å². The summed E-state index contributed by atoms with van der Waals surface area (Å²) < 4.78 is 2.27. The van der Waals surface area contributed by atoms with Gasteiger partial charge in [-0.15, -0.1) is 0 Å². The van der Waals surface area contributed by atoms with E-state index in [0.29, 0.717) is 23.0 Å². The van der Waals surface area contributed by atoms with Crippen molar-refractivity contribution in [2.45, 2.75) is 26.8 Å². The smallest absolute Gasteiger partial charge is 0.267 e. The van der Waals surface area contributed by atoms with Crippen molar-refractivity contribution in [3.05, 3.63) is 74.6 Å². The highest BCUT2D eigenvalue weighted by molar-refractivity contribution is 9.10. The second-order valence-corrected chi connectivity index (χ2v) is 6.99. The molecule has 0 bridgehead atoms. The quantitative estimate of drug-likeness (QED) is 0.498. The molecule has 0 unspecified atom stereocenters. The number of amides is 1. The number of rotatable bonds is 5. The van der Waals surface area contributed by atoms with E-state index in [1.54, 1.807) is 24.3 Å². The fourth-order valence-corrected chi connectivity index (χ4v) is 3.13. The minimum atomic E-state index is -0.453.